The highest BCUT2D eigenvalue weighted by molar-refractivity contribution is 5.73. The molecule has 5 nitrogen and oxygen atoms in total. The highest BCUT2D eigenvalue weighted by atomic mass is 16.6. The minimum absolute atomic E-state index is 0.0428. The van der Waals surface area contributed by atoms with Gasteiger partial charge in [-0.15, -0.1) is 0 Å². The minimum atomic E-state index is -0.0770. The molecule has 3 aliphatic rings. The van der Waals surface area contributed by atoms with Gasteiger partial charge >= 0.3 is 5.97 Å². The van der Waals surface area contributed by atoms with Crippen molar-refractivity contribution in [2.45, 2.75) is 25.1 Å². The average Bonchev–Trinajstić information content (AvgIpc) is 3.13. The summed E-state index contributed by atoms with van der Waals surface area (Å²) >= 11 is 0. The van der Waals surface area contributed by atoms with Gasteiger partial charge in [-0.1, -0.05) is 42.5 Å². The number of fused-ring (bicyclic) bond motifs is 5. The third-order valence-corrected chi connectivity index (χ3v) is 6.46. The number of hydrogen-bond acceptors (Lipinski definition) is 5. The maximum atomic E-state index is 12.1. The van der Waals surface area contributed by atoms with E-state index in [-0.39, 0.29) is 30.0 Å². The second kappa shape index (κ2) is 7.23. The number of nitrogens with zero attached hydrogens (tertiary/aromatic N) is 1. The molecule has 0 unspecified atom stereocenters. The summed E-state index contributed by atoms with van der Waals surface area (Å²) in [5, 5.41) is 0. The Morgan fingerprint density at radius 2 is 1.86 bits per heavy atom. The lowest BCUT2D eigenvalue weighted by molar-refractivity contribution is -0.143. The molecule has 5 heteroatoms. The fraction of sp³-hybridized carbons (Fsp3) is 0.375. The SMILES string of the molecule is COc1cc2c(cc1OC)[C@@H]1[C@@H](C=C2)[C@H]2CC(=O)O[C@H]2CN1Cc1ccccc1. The van der Waals surface area contributed by atoms with Gasteiger partial charge in [0.25, 0.3) is 0 Å². The first-order valence-corrected chi connectivity index (χ1v) is 10.1. The second-order valence-electron chi connectivity index (χ2n) is 8.03. The molecule has 5 rings (SSSR count). The number of piperidine rings is 1. The van der Waals surface area contributed by atoms with Crippen molar-refractivity contribution in [2.24, 2.45) is 11.8 Å². The molecule has 2 fully saturated rings. The van der Waals surface area contributed by atoms with Gasteiger partial charge < -0.3 is 14.2 Å². The van der Waals surface area contributed by atoms with Gasteiger partial charge in [-0.2, -0.15) is 0 Å². The van der Waals surface area contributed by atoms with Crippen molar-refractivity contribution < 1.29 is 19.0 Å². The number of methoxy groups -OCH3 is 2. The van der Waals surface area contributed by atoms with E-state index in [1.807, 2.05) is 12.1 Å². The number of carbonyl (C=O) groups is 1. The van der Waals surface area contributed by atoms with Crippen LogP contribution in [-0.2, 0) is 16.1 Å². The molecule has 1 aliphatic carbocycles. The predicted octanol–water partition coefficient (Wildman–Crippen LogP) is 3.84. The maximum absolute atomic E-state index is 12.1. The molecular formula is C24H25NO4. The van der Waals surface area contributed by atoms with Crippen molar-refractivity contribution in [1.82, 2.24) is 4.90 Å². The van der Waals surface area contributed by atoms with E-state index in [2.05, 4.69) is 47.4 Å². The highest BCUT2D eigenvalue weighted by Crippen LogP contribution is 2.50. The largest absolute Gasteiger partial charge is 0.493 e. The van der Waals surface area contributed by atoms with Crippen LogP contribution in [0.4, 0.5) is 0 Å². The highest BCUT2D eigenvalue weighted by Gasteiger charge is 2.50. The van der Waals surface area contributed by atoms with E-state index in [0.717, 1.165) is 30.2 Å². The van der Waals surface area contributed by atoms with Crippen LogP contribution in [0.25, 0.3) is 6.08 Å². The number of esters is 1. The summed E-state index contributed by atoms with van der Waals surface area (Å²) in [5.74, 6) is 1.84. The fourth-order valence-electron chi connectivity index (χ4n) is 5.17. The van der Waals surface area contributed by atoms with E-state index in [1.54, 1.807) is 14.2 Å². The molecule has 0 bridgehead atoms. The van der Waals surface area contributed by atoms with Gasteiger partial charge in [-0.05, 0) is 28.8 Å². The molecule has 29 heavy (non-hydrogen) atoms. The molecule has 2 saturated heterocycles. The molecule has 0 amide bonds. The Kier molecular flexibility index (Phi) is 4.55. The van der Waals surface area contributed by atoms with Crippen LogP contribution in [0.2, 0.25) is 0 Å². The monoisotopic (exact) mass is 391 g/mol. The van der Waals surface area contributed by atoms with Crippen LogP contribution in [0, 0.1) is 11.8 Å². The summed E-state index contributed by atoms with van der Waals surface area (Å²) in [6.45, 7) is 1.55. The molecule has 2 aromatic rings. The first-order valence-electron chi connectivity index (χ1n) is 10.1. The number of rotatable bonds is 4. The molecule has 0 N–H and O–H groups in total. The van der Waals surface area contributed by atoms with E-state index in [0.29, 0.717) is 6.42 Å². The molecule has 2 aromatic carbocycles. The van der Waals surface area contributed by atoms with Crippen molar-refractivity contribution in [3.63, 3.8) is 0 Å². The predicted molar refractivity (Wildman–Crippen MR) is 110 cm³/mol. The van der Waals surface area contributed by atoms with Crippen LogP contribution in [0.15, 0.2) is 48.5 Å². The molecule has 150 valence electrons. The van der Waals surface area contributed by atoms with Crippen LogP contribution >= 0.6 is 0 Å². The van der Waals surface area contributed by atoms with Gasteiger partial charge in [-0.3, -0.25) is 9.69 Å². The van der Waals surface area contributed by atoms with Crippen molar-refractivity contribution >= 4 is 12.0 Å². The van der Waals surface area contributed by atoms with Crippen molar-refractivity contribution in [3.05, 3.63) is 65.2 Å². The van der Waals surface area contributed by atoms with Crippen LogP contribution in [-0.4, -0.2) is 37.7 Å². The quantitative estimate of drug-likeness (QED) is 0.742. The van der Waals surface area contributed by atoms with Crippen molar-refractivity contribution in [3.8, 4) is 11.5 Å². The molecule has 0 radical (unpaired) electrons. The Morgan fingerprint density at radius 1 is 1.10 bits per heavy atom. The maximum Gasteiger partial charge on any atom is 0.306 e. The third kappa shape index (κ3) is 3.10. The Labute approximate surface area is 170 Å². The zero-order chi connectivity index (χ0) is 20.0. The van der Waals surface area contributed by atoms with E-state index in [9.17, 15) is 4.79 Å². The first-order chi connectivity index (χ1) is 14.2. The van der Waals surface area contributed by atoms with E-state index < -0.39 is 0 Å². The standard InChI is InChI=1S/C24H25NO4/c1-27-20-10-16-8-9-17-19-12-23(26)29-22(19)14-25(13-15-6-4-3-5-7-15)24(17)18(16)11-21(20)28-2/h3-11,17,19,22,24H,12-14H2,1-2H3/t17-,19+,22-,24-/m0/s1. The van der Waals surface area contributed by atoms with Crippen LogP contribution in [0.1, 0.15) is 29.2 Å². The second-order valence-corrected chi connectivity index (χ2v) is 8.03. The average molecular weight is 391 g/mol. The van der Waals surface area contributed by atoms with E-state index in [1.165, 1.54) is 11.1 Å². The van der Waals surface area contributed by atoms with E-state index >= 15 is 0 Å². The van der Waals surface area contributed by atoms with Crippen LogP contribution in [0.3, 0.4) is 0 Å². The Hall–Kier alpha value is -2.79. The molecule has 0 spiro atoms. The molecule has 2 aliphatic heterocycles. The smallest absolute Gasteiger partial charge is 0.306 e. The molecule has 0 aromatic heterocycles. The van der Waals surface area contributed by atoms with Gasteiger partial charge in [-0.25, -0.2) is 0 Å². The number of hydrogen-bond donors (Lipinski definition) is 0. The summed E-state index contributed by atoms with van der Waals surface area (Å²) in [4.78, 5) is 14.5. The lowest BCUT2D eigenvalue weighted by Crippen LogP contribution is -2.49. The summed E-state index contributed by atoms with van der Waals surface area (Å²) in [5.41, 5.74) is 3.63. The minimum Gasteiger partial charge on any atom is -0.493 e. The summed E-state index contributed by atoms with van der Waals surface area (Å²) in [6.07, 6.45) is 4.87. The van der Waals surface area contributed by atoms with Gasteiger partial charge in [0.2, 0.25) is 0 Å². The lowest BCUT2D eigenvalue weighted by atomic mass is 9.71. The Morgan fingerprint density at radius 3 is 2.62 bits per heavy atom. The van der Waals surface area contributed by atoms with Gasteiger partial charge in [0.15, 0.2) is 11.5 Å². The fourth-order valence-corrected chi connectivity index (χ4v) is 5.17. The van der Waals surface area contributed by atoms with Gasteiger partial charge in [0, 0.05) is 31.0 Å². The van der Waals surface area contributed by atoms with Gasteiger partial charge in [0.1, 0.15) is 6.10 Å². The number of benzene rings is 2. The summed E-state index contributed by atoms with van der Waals surface area (Å²) < 4.78 is 16.8. The number of ether oxygens (including phenoxy) is 3. The van der Waals surface area contributed by atoms with Gasteiger partial charge in [0.05, 0.1) is 20.6 Å². The number of likely N-dealkylation sites (tertiary alicyclic amines) is 1. The molecule has 0 saturated carbocycles. The molecular weight excluding hydrogens is 366 g/mol. The van der Waals surface area contributed by atoms with Crippen LogP contribution < -0.4 is 9.47 Å². The number of carbonyl (C=O) groups excluding carboxylic acids is 1. The molecule has 4 atom stereocenters. The first kappa shape index (κ1) is 18.3. The Balaban J connectivity index is 1.58. The topological polar surface area (TPSA) is 48.0 Å². The molecule has 2 heterocycles. The van der Waals surface area contributed by atoms with Crippen molar-refractivity contribution in [1.29, 1.82) is 0 Å². The van der Waals surface area contributed by atoms with Crippen molar-refractivity contribution in [2.75, 3.05) is 20.8 Å². The van der Waals surface area contributed by atoms with E-state index in [4.69, 9.17) is 14.2 Å². The zero-order valence-electron chi connectivity index (χ0n) is 16.7. The van der Waals surface area contributed by atoms with Crippen LogP contribution in [0.5, 0.6) is 11.5 Å². The summed E-state index contributed by atoms with van der Waals surface area (Å²) in [7, 11) is 3.33. The Bertz CT molecular complexity index is 955. The zero-order valence-corrected chi connectivity index (χ0v) is 16.7. The summed E-state index contributed by atoms with van der Waals surface area (Å²) in [6, 6.07) is 14.8. The normalized spacial score (nSPS) is 27.6. The third-order valence-electron chi connectivity index (χ3n) is 6.46. The lowest BCUT2D eigenvalue weighted by Gasteiger charge is -2.47.